The lowest BCUT2D eigenvalue weighted by molar-refractivity contribution is -0.0990. The van der Waals surface area contributed by atoms with Gasteiger partial charge in [0, 0.05) is 24.3 Å². The third-order valence-corrected chi connectivity index (χ3v) is 4.76. The monoisotopic (exact) mass is 290 g/mol. The molecule has 2 aromatic rings. The molecule has 0 unspecified atom stereocenters. The van der Waals surface area contributed by atoms with Crippen molar-refractivity contribution in [3.8, 4) is 11.3 Å². The van der Waals surface area contributed by atoms with Crippen LogP contribution in [0.2, 0.25) is 0 Å². The Hall–Kier alpha value is -1.75. The fourth-order valence-corrected chi connectivity index (χ4v) is 3.79. The second-order valence-electron chi connectivity index (χ2n) is 6.05. The van der Waals surface area contributed by atoms with Gasteiger partial charge >= 0.3 is 0 Å². The third-order valence-electron chi connectivity index (χ3n) is 4.76. The number of nitrogens with zero attached hydrogens (tertiary/aromatic N) is 2. The predicted octanol–water partition coefficient (Wildman–Crippen LogP) is 3.25. The predicted molar refractivity (Wildman–Crippen MR) is 74.1 cm³/mol. The Morgan fingerprint density at radius 2 is 2.10 bits per heavy atom. The maximum absolute atomic E-state index is 13.8. The zero-order chi connectivity index (χ0) is 14.6. The van der Waals surface area contributed by atoms with Crippen molar-refractivity contribution in [2.24, 2.45) is 5.92 Å². The zero-order valence-corrected chi connectivity index (χ0v) is 11.4. The first-order valence-corrected chi connectivity index (χ1v) is 7.24. The van der Waals surface area contributed by atoms with Gasteiger partial charge in [0.15, 0.2) is 0 Å². The number of hydrogen-bond acceptors (Lipinski definition) is 2. The Balaban J connectivity index is 1.82. The molecule has 5 heteroatoms. The van der Waals surface area contributed by atoms with Crippen molar-refractivity contribution in [3.05, 3.63) is 42.4 Å². The van der Waals surface area contributed by atoms with Crippen LogP contribution in [0.15, 0.2) is 36.8 Å². The molecule has 110 valence electrons. The first-order chi connectivity index (χ1) is 10.1. The molecule has 3 nitrogen and oxygen atoms in total. The molecule has 1 fully saturated rings. The number of aliphatic hydroxyl groups is 1. The molecule has 4 rings (SSSR count). The van der Waals surface area contributed by atoms with Gasteiger partial charge in [0.25, 0.3) is 0 Å². The highest BCUT2D eigenvalue weighted by Crippen LogP contribution is 2.49. The fraction of sp³-hybridized carbons (Fsp3) is 0.438. The Kier molecular flexibility index (Phi) is 2.70. The van der Waals surface area contributed by atoms with Crippen LogP contribution in [-0.4, -0.2) is 26.7 Å². The van der Waals surface area contributed by atoms with E-state index >= 15 is 0 Å². The van der Waals surface area contributed by atoms with E-state index in [1.807, 2.05) is 28.8 Å². The van der Waals surface area contributed by atoms with Gasteiger partial charge in [0.2, 0.25) is 5.92 Å². The topological polar surface area (TPSA) is 38.1 Å². The Morgan fingerprint density at radius 1 is 1.29 bits per heavy atom. The summed E-state index contributed by atoms with van der Waals surface area (Å²) in [4.78, 5) is 4.14. The van der Waals surface area contributed by atoms with Gasteiger partial charge in [-0.1, -0.05) is 24.3 Å². The van der Waals surface area contributed by atoms with Crippen molar-refractivity contribution >= 4 is 0 Å². The number of imidazole rings is 1. The largest absolute Gasteiger partial charge is 0.393 e. The Bertz CT molecular complexity index is 682. The molecule has 0 saturated heterocycles. The first kappa shape index (κ1) is 13.0. The standard InChI is InChI=1S/C16H16F2N2O/c17-16(18)6-5-14(21)12(7-16)15-11-4-2-1-3-10(11)13-8-19-9-20(13)15/h1-4,8-9,12,14-15,21H,5-7H2/t12-,14-,15+/m1/s1. The third kappa shape index (κ3) is 1.91. The van der Waals surface area contributed by atoms with Crippen molar-refractivity contribution in [1.29, 1.82) is 0 Å². The number of aromatic nitrogens is 2. The molecule has 1 saturated carbocycles. The van der Waals surface area contributed by atoms with E-state index in [-0.39, 0.29) is 25.3 Å². The SMILES string of the molecule is O[C@@H]1CCC(F)(F)C[C@H]1[C@@H]1c2ccccc2-c2cncn21. The number of aliphatic hydroxyl groups excluding tert-OH is 1. The van der Waals surface area contributed by atoms with Crippen molar-refractivity contribution in [3.63, 3.8) is 0 Å². The van der Waals surface area contributed by atoms with E-state index in [2.05, 4.69) is 4.98 Å². The van der Waals surface area contributed by atoms with E-state index in [0.29, 0.717) is 0 Å². The molecule has 2 aliphatic rings. The number of fused-ring (bicyclic) bond motifs is 3. The highest BCUT2D eigenvalue weighted by molar-refractivity contribution is 5.69. The molecule has 1 aromatic heterocycles. The molecule has 1 aliphatic heterocycles. The van der Waals surface area contributed by atoms with Crippen molar-refractivity contribution in [2.75, 3.05) is 0 Å². The summed E-state index contributed by atoms with van der Waals surface area (Å²) in [6.07, 6.45) is 2.39. The normalized spacial score (nSPS) is 30.0. The van der Waals surface area contributed by atoms with Gasteiger partial charge in [-0.15, -0.1) is 0 Å². The average molecular weight is 290 g/mol. The van der Waals surface area contributed by atoms with E-state index in [0.717, 1.165) is 16.8 Å². The van der Waals surface area contributed by atoms with E-state index in [1.165, 1.54) is 0 Å². The second-order valence-corrected chi connectivity index (χ2v) is 6.05. The highest BCUT2D eigenvalue weighted by Gasteiger charge is 2.47. The van der Waals surface area contributed by atoms with Gasteiger partial charge in [-0.25, -0.2) is 13.8 Å². The van der Waals surface area contributed by atoms with Gasteiger partial charge in [0.1, 0.15) is 0 Å². The van der Waals surface area contributed by atoms with Gasteiger partial charge in [-0.2, -0.15) is 0 Å². The fourth-order valence-electron chi connectivity index (χ4n) is 3.79. The lowest BCUT2D eigenvalue weighted by Gasteiger charge is -2.37. The number of hydrogen-bond donors (Lipinski definition) is 1. The molecule has 2 heterocycles. The van der Waals surface area contributed by atoms with Crippen LogP contribution in [-0.2, 0) is 0 Å². The van der Waals surface area contributed by atoms with Crippen molar-refractivity contribution in [1.82, 2.24) is 9.55 Å². The van der Waals surface area contributed by atoms with Crippen LogP contribution in [0.1, 0.15) is 30.9 Å². The van der Waals surface area contributed by atoms with Gasteiger partial charge < -0.3 is 9.67 Å². The number of halogens is 2. The Morgan fingerprint density at radius 3 is 2.95 bits per heavy atom. The maximum Gasteiger partial charge on any atom is 0.248 e. The molecule has 1 aromatic carbocycles. The molecule has 1 N–H and O–H groups in total. The molecule has 0 radical (unpaired) electrons. The second kappa shape index (κ2) is 4.37. The summed E-state index contributed by atoms with van der Waals surface area (Å²) in [5.41, 5.74) is 2.98. The summed E-state index contributed by atoms with van der Waals surface area (Å²) in [5.74, 6) is -3.17. The lowest BCUT2D eigenvalue weighted by atomic mass is 9.77. The maximum atomic E-state index is 13.8. The van der Waals surface area contributed by atoms with E-state index in [1.54, 1.807) is 12.5 Å². The van der Waals surface area contributed by atoms with Gasteiger partial charge in [-0.05, 0) is 12.0 Å². The highest BCUT2D eigenvalue weighted by atomic mass is 19.3. The van der Waals surface area contributed by atoms with Crippen molar-refractivity contribution in [2.45, 2.75) is 37.3 Å². The molecular formula is C16H16F2N2O. The summed E-state index contributed by atoms with van der Waals surface area (Å²) in [6.45, 7) is 0. The molecule has 1 aliphatic carbocycles. The summed E-state index contributed by atoms with van der Waals surface area (Å²) in [7, 11) is 0. The first-order valence-electron chi connectivity index (χ1n) is 7.24. The van der Waals surface area contributed by atoms with E-state index in [9.17, 15) is 13.9 Å². The molecule has 0 bridgehead atoms. The van der Waals surface area contributed by atoms with Crippen LogP contribution in [0, 0.1) is 5.92 Å². The Labute approximate surface area is 121 Å². The summed E-state index contributed by atoms with van der Waals surface area (Å²) >= 11 is 0. The number of alkyl halides is 2. The number of rotatable bonds is 1. The number of benzene rings is 1. The molecule has 3 atom stereocenters. The van der Waals surface area contributed by atoms with Gasteiger partial charge in [0.05, 0.1) is 30.4 Å². The zero-order valence-electron chi connectivity index (χ0n) is 11.4. The minimum atomic E-state index is -2.69. The molecule has 21 heavy (non-hydrogen) atoms. The molecule has 0 amide bonds. The summed E-state index contributed by atoms with van der Waals surface area (Å²) < 4.78 is 29.6. The van der Waals surface area contributed by atoms with Crippen LogP contribution in [0.3, 0.4) is 0 Å². The molecule has 0 spiro atoms. The minimum Gasteiger partial charge on any atom is -0.393 e. The average Bonchev–Trinajstić information content (AvgIpc) is 3.02. The minimum absolute atomic E-state index is 0.153. The van der Waals surface area contributed by atoms with Crippen molar-refractivity contribution < 1.29 is 13.9 Å². The van der Waals surface area contributed by atoms with E-state index < -0.39 is 17.9 Å². The lowest BCUT2D eigenvalue weighted by Crippen LogP contribution is -2.40. The molecular weight excluding hydrogens is 274 g/mol. The van der Waals surface area contributed by atoms with Crippen LogP contribution in [0.4, 0.5) is 8.78 Å². The van der Waals surface area contributed by atoms with E-state index in [4.69, 9.17) is 0 Å². The smallest absolute Gasteiger partial charge is 0.248 e. The summed E-state index contributed by atoms with van der Waals surface area (Å²) in [5, 5.41) is 10.3. The summed E-state index contributed by atoms with van der Waals surface area (Å²) in [6, 6.07) is 7.55. The van der Waals surface area contributed by atoms with Crippen LogP contribution < -0.4 is 0 Å². The van der Waals surface area contributed by atoms with Crippen LogP contribution >= 0.6 is 0 Å². The van der Waals surface area contributed by atoms with Crippen LogP contribution in [0.25, 0.3) is 11.3 Å². The van der Waals surface area contributed by atoms with Gasteiger partial charge in [-0.3, -0.25) is 0 Å². The quantitative estimate of drug-likeness (QED) is 0.875. The van der Waals surface area contributed by atoms with Crippen LogP contribution in [0.5, 0.6) is 0 Å².